The summed E-state index contributed by atoms with van der Waals surface area (Å²) >= 11 is 0. The molecule has 36 heavy (non-hydrogen) atoms. The van der Waals surface area contributed by atoms with Crippen molar-refractivity contribution in [3.63, 3.8) is 0 Å². The summed E-state index contributed by atoms with van der Waals surface area (Å²) < 4.78 is 97.0. The first-order valence-electron chi connectivity index (χ1n) is 10.4. The number of hydrogen-bond acceptors (Lipinski definition) is 7. The standard InChI is InChI=1S/C22H22F5N5O3S/c1-13(2)22(26,27)15-7-5-8-16(11-15)28-19-29-18(30-20(31-19)35-12-21(23,24)25)14-6-4-9-17(10-14)32-36(3,33)34/h4-11,13,32H,12H2,1-3H3,(H,28,29,30,31). The number of anilines is 3. The molecule has 3 aromatic rings. The summed E-state index contributed by atoms with van der Waals surface area (Å²) in [6.45, 7) is 1.06. The van der Waals surface area contributed by atoms with Gasteiger partial charge in [-0.1, -0.05) is 38.1 Å². The Kier molecular flexibility index (Phi) is 7.67. The zero-order chi connectivity index (χ0) is 26.7. The molecule has 3 rings (SSSR count). The highest BCUT2D eigenvalue weighted by atomic mass is 32.2. The first-order valence-corrected chi connectivity index (χ1v) is 12.3. The molecule has 0 aliphatic rings. The molecule has 194 valence electrons. The zero-order valence-corrected chi connectivity index (χ0v) is 20.1. The molecule has 0 bridgehead atoms. The van der Waals surface area contributed by atoms with Gasteiger partial charge in [-0.2, -0.15) is 28.1 Å². The number of nitrogens with one attached hydrogen (secondary N) is 2. The van der Waals surface area contributed by atoms with Crippen LogP contribution < -0.4 is 14.8 Å². The van der Waals surface area contributed by atoms with Crippen molar-refractivity contribution >= 4 is 27.3 Å². The monoisotopic (exact) mass is 531 g/mol. The molecule has 2 N–H and O–H groups in total. The maximum atomic E-state index is 14.5. The summed E-state index contributed by atoms with van der Waals surface area (Å²) in [5.74, 6) is -4.53. The van der Waals surface area contributed by atoms with Gasteiger partial charge >= 0.3 is 12.2 Å². The Balaban J connectivity index is 2.01. The molecule has 0 spiro atoms. The molecule has 1 heterocycles. The van der Waals surface area contributed by atoms with Crippen molar-refractivity contribution < 1.29 is 35.1 Å². The first kappa shape index (κ1) is 27.0. The highest BCUT2D eigenvalue weighted by Gasteiger charge is 2.35. The second-order valence-electron chi connectivity index (χ2n) is 8.11. The van der Waals surface area contributed by atoms with E-state index in [1.165, 1.54) is 62.4 Å². The van der Waals surface area contributed by atoms with Gasteiger partial charge in [-0.05, 0) is 24.3 Å². The van der Waals surface area contributed by atoms with E-state index in [1.807, 2.05) is 0 Å². The van der Waals surface area contributed by atoms with Gasteiger partial charge in [-0.25, -0.2) is 17.2 Å². The van der Waals surface area contributed by atoms with Crippen LogP contribution in [0.3, 0.4) is 0 Å². The predicted octanol–water partition coefficient (Wildman–Crippen LogP) is 5.34. The lowest BCUT2D eigenvalue weighted by molar-refractivity contribution is -0.154. The van der Waals surface area contributed by atoms with Gasteiger partial charge in [0.1, 0.15) is 0 Å². The minimum absolute atomic E-state index is 0.148. The van der Waals surface area contributed by atoms with Crippen LogP contribution in [0, 0.1) is 5.92 Å². The quantitative estimate of drug-likeness (QED) is 0.359. The molecule has 8 nitrogen and oxygen atoms in total. The van der Waals surface area contributed by atoms with Crippen LogP contribution >= 0.6 is 0 Å². The van der Waals surface area contributed by atoms with Crippen LogP contribution in [0.2, 0.25) is 0 Å². The molecule has 0 fully saturated rings. The fourth-order valence-corrected chi connectivity index (χ4v) is 3.51. The number of rotatable bonds is 9. The Bertz CT molecular complexity index is 1330. The number of hydrogen-bond donors (Lipinski definition) is 2. The predicted molar refractivity (Wildman–Crippen MR) is 124 cm³/mol. The Morgan fingerprint density at radius 3 is 2.25 bits per heavy atom. The van der Waals surface area contributed by atoms with Crippen LogP contribution in [-0.2, 0) is 15.9 Å². The maximum Gasteiger partial charge on any atom is 0.422 e. The van der Waals surface area contributed by atoms with E-state index in [1.54, 1.807) is 0 Å². The Hall–Kier alpha value is -3.55. The van der Waals surface area contributed by atoms with Crippen molar-refractivity contribution in [1.29, 1.82) is 0 Å². The third-order valence-corrected chi connectivity index (χ3v) is 5.24. The second-order valence-corrected chi connectivity index (χ2v) is 9.86. The summed E-state index contributed by atoms with van der Waals surface area (Å²) in [6, 6.07) is 10.4. The molecule has 1 aromatic heterocycles. The van der Waals surface area contributed by atoms with E-state index in [9.17, 15) is 30.4 Å². The lowest BCUT2D eigenvalue weighted by atomic mass is 9.97. The molecule has 0 saturated carbocycles. The van der Waals surface area contributed by atoms with Crippen LogP contribution in [-0.4, -0.2) is 42.4 Å². The SMILES string of the molecule is CC(C)C(F)(F)c1cccc(Nc2nc(OCC(F)(F)F)nc(-c3cccc(NS(C)(=O)=O)c3)n2)c1. The van der Waals surface area contributed by atoms with E-state index < -0.39 is 40.7 Å². The normalized spacial score (nSPS) is 12.5. The molecule has 0 unspecified atom stereocenters. The van der Waals surface area contributed by atoms with Gasteiger partial charge < -0.3 is 10.1 Å². The Morgan fingerprint density at radius 1 is 0.944 bits per heavy atom. The molecule has 2 aromatic carbocycles. The number of nitrogens with zero attached hydrogens (tertiary/aromatic N) is 3. The molecule has 14 heteroatoms. The Labute approximate surface area is 204 Å². The maximum absolute atomic E-state index is 14.5. The van der Waals surface area contributed by atoms with Crippen LogP contribution in [0.5, 0.6) is 6.01 Å². The van der Waals surface area contributed by atoms with E-state index in [0.29, 0.717) is 0 Å². The second kappa shape index (κ2) is 10.2. The van der Waals surface area contributed by atoms with Crippen LogP contribution in [0.15, 0.2) is 48.5 Å². The molecule has 0 saturated heterocycles. The van der Waals surface area contributed by atoms with E-state index in [-0.39, 0.29) is 34.3 Å². The van der Waals surface area contributed by atoms with E-state index >= 15 is 0 Å². The Morgan fingerprint density at radius 2 is 1.61 bits per heavy atom. The van der Waals surface area contributed by atoms with Crippen LogP contribution in [0.4, 0.5) is 39.3 Å². The van der Waals surface area contributed by atoms with Gasteiger partial charge in [-0.15, -0.1) is 0 Å². The molecule has 0 radical (unpaired) electrons. The van der Waals surface area contributed by atoms with E-state index in [4.69, 9.17) is 0 Å². The zero-order valence-electron chi connectivity index (χ0n) is 19.3. The lowest BCUT2D eigenvalue weighted by Gasteiger charge is -2.21. The van der Waals surface area contributed by atoms with Crippen molar-refractivity contribution in [3.8, 4) is 17.4 Å². The number of halogens is 5. The average molecular weight is 532 g/mol. The van der Waals surface area contributed by atoms with E-state index in [2.05, 4.69) is 29.7 Å². The largest absolute Gasteiger partial charge is 0.454 e. The summed E-state index contributed by atoms with van der Waals surface area (Å²) in [4.78, 5) is 11.8. The minimum atomic E-state index is -4.67. The van der Waals surface area contributed by atoms with Gasteiger partial charge in [-0.3, -0.25) is 4.72 Å². The van der Waals surface area contributed by atoms with E-state index in [0.717, 1.165) is 6.26 Å². The first-order chi connectivity index (χ1) is 16.6. The smallest absolute Gasteiger partial charge is 0.422 e. The average Bonchev–Trinajstić information content (AvgIpc) is 2.76. The van der Waals surface area contributed by atoms with Gasteiger partial charge in [0.15, 0.2) is 12.4 Å². The van der Waals surface area contributed by atoms with Gasteiger partial charge in [0, 0.05) is 28.4 Å². The van der Waals surface area contributed by atoms with Gasteiger partial charge in [0.05, 0.1) is 6.26 Å². The van der Waals surface area contributed by atoms with Crippen molar-refractivity contribution in [3.05, 3.63) is 54.1 Å². The summed E-state index contributed by atoms with van der Waals surface area (Å²) in [6.07, 6.45) is -3.72. The topological polar surface area (TPSA) is 106 Å². The number of aromatic nitrogens is 3. The lowest BCUT2D eigenvalue weighted by Crippen LogP contribution is -2.21. The third-order valence-electron chi connectivity index (χ3n) is 4.63. The molecule has 0 aliphatic carbocycles. The summed E-state index contributed by atoms with van der Waals surface area (Å²) in [5.41, 5.74) is 0.265. The van der Waals surface area contributed by atoms with Crippen molar-refractivity contribution in [2.75, 3.05) is 22.9 Å². The number of benzene rings is 2. The van der Waals surface area contributed by atoms with Crippen molar-refractivity contribution in [1.82, 2.24) is 15.0 Å². The summed E-state index contributed by atoms with van der Waals surface area (Å²) in [5, 5.41) is 2.69. The van der Waals surface area contributed by atoms with Gasteiger partial charge in [0.25, 0.3) is 5.92 Å². The number of alkyl halides is 5. The molecule has 0 amide bonds. The molecule has 0 atom stereocenters. The van der Waals surface area contributed by atoms with Crippen LogP contribution in [0.1, 0.15) is 19.4 Å². The number of sulfonamides is 1. The highest BCUT2D eigenvalue weighted by Crippen LogP contribution is 2.37. The number of ether oxygens (including phenoxy) is 1. The highest BCUT2D eigenvalue weighted by molar-refractivity contribution is 7.92. The minimum Gasteiger partial charge on any atom is -0.454 e. The summed E-state index contributed by atoms with van der Waals surface area (Å²) in [7, 11) is -3.61. The third kappa shape index (κ3) is 7.47. The fourth-order valence-electron chi connectivity index (χ4n) is 2.95. The molecular formula is C22H22F5N5O3S. The van der Waals surface area contributed by atoms with Crippen molar-refractivity contribution in [2.24, 2.45) is 5.92 Å². The van der Waals surface area contributed by atoms with Crippen LogP contribution in [0.25, 0.3) is 11.4 Å². The van der Waals surface area contributed by atoms with Gasteiger partial charge in [0.2, 0.25) is 16.0 Å². The molecule has 0 aliphatic heterocycles. The van der Waals surface area contributed by atoms with Crippen molar-refractivity contribution in [2.45, 2.75) is 25.9 Å². The molecular weight excluding hydrogens is 509 g/mol. The fraction of sp³-hybridized carbons (Fsp3) is 0.318.